The molecule has 11 nitrogen and oxygen atoms in total. The predicted molar refractivity (Wildman–Crippen MR) is 152 cm³/mol. The molecule has 5 aliphatic heterocycles. The van der Waals surface area contributed by atoms with Crippen LogP contribution in [0, 0.1) is 22.7 Å². The Labute approximate surface area is 250 Å². The summed E-state index contributed by atoms with van der Waals surface area (Å²) in [4.78, 5) is 20.7. The monoisotopic (exact) mass is 614 g/mol. The maximum absolute atomic E-state index is 14.2. The molecule has 12 heteroatoms. The van der Waals surface area contributed by atoms with Crippen molar-refractivity contribution in [3.63, 3.8) is 0 Å². The van der Waals surface area contributed by atoms with Crippen LogP contribution in [0.1, 0.15) is 88.5 Å². The van der Waals surface area contributed by atoms with E-state index in [2.05, 4.69) is 41.5 Å². The quantitative estimate of drug-likeness (QED) is 0.457. The van der Waals surface area contributed by atoms with Gasteiger partial charge in [0.05, 0.1) is 18.4 Å². The van der Waals surface area contributed by atoms with E-state index >= 15 is 0 Å². The van der Waals surface area contributed by atoms with Crippen LogP contribution < -0.4 is 0 Å². The lowest BCUT2D eigenvalue weighted by Gasteiger charge is -2.41. The Morgan fingerprint density at radius 2 is 1.62 bits per heavy atom. The lowest BCUT2D eigenvalue weighted by molar-refractivity contribution is -0.292. The summed E-state index contributed by atoms with van der Waals surface area (Å²) in [6, 6.07) is -0.570. The molecule has 0 radical (unpaired) electrons. The molecule has 5 heterocycles. The van der Waals surface area contributed by atoms with Gasteiger partial charge in [0.2, 0.25) is 10.0 Å². The fourth-order valence-corrected chi connectivity index (χ4v) is 11.4. The topological polar surface area (TPSA) is 113 Å². The zero-order chi connectivity index (χ0) is 30.8. The van der Waals surface area contributed by atoms with E-state index in [9.17, 15) is 13.2 Å². The van der Waals surface area contributed by atoms with Gasteiger partial charge in [-0.15, -0.1) is 0 Å². The first kappa shape index (κ1) is 31.1. The number of hydroxylamine groups is 2. The second kappa shape index (κ2) is 9.82. The number of carbonyl (C=O) groups is 1. The van der Waals surface area contributed by atoms with Gasteiger partial charge in [0, 0.05) is 17.9 Å². The summed E-state index contributed by atoms with van der Waals surface area (Å²) in [5, 5.41) is 1.74. The highest BCUT2D eigenvalue weighted by molar-refractivity contribution is 7.90. The molecule has 0 bridgehead atoms. The molecule has 6 rings (SSSR count). The van der Waals surface area contributed by atoms with Crippen LogP contribution in [0.3, 0.4) is 0 Å². The number of amides is 1. The van der Waals surface area contributed by atoms with Crippen LogP contribution in [-0.2, 0) is 43.3 Å². The van der Waals surface area contributed by atoms with E-state index in [0.29, 0.717) is 25.9 Å². The number of carbonyl (C=O) groups excluding carboxylic acids is 1. The van der Waals surface area contributed by atoms with E-state index in [0.717, 1.165) is 0 Å². The SMILES string of the molecule is CC[C@@]12CS(=O)(=O)N(C(=O)[C@H]3CC(C(C)C)N(C4OC([C@H]5COC(C)(C)O5)C5OC(C)(C)OC54)O3)C1CC(C)C2(C)C. The van der Waals surface area contributed by atoms with Gasteiger partial charge in [-0.05, 0) is 57.8 Å². The summed E-state index contributed by atoms with van der Waals surface area (Å²) in [6.07, 6.45) is -1.66. The first-order chi connectivity index (χ1) is 19.3. The van der Waals surface area contributed by atoms with E-state index in [1.54, 1.807) is 5.06 Å². The first-order valence-corrected chi connectivity index (χ1v) is 17.3. The Balaban J connectivity index is 1.28. The van der Waals surface area contributed by atoms with Gasteiger partial charge in [0.25, 0.3) is 5.91 Å². The van der Waals surface area contributed by atoms with Gasteiger partial charge in [0.1, 0.15) is 24.4 Å². The number of ether oxygens (including phenoxy) is 5. The molecular weight excluding hydrogens is 564 g/mol. The zero-order valence-electron chi connectivity index (χ0n) is 26.8. The molecular formula is C30H50N2O9S. The van der Waals surface area contributed by atoms with Crippen LogP contribution in [0.25, 0.3) is 0 Å². The Hall–Kier alpha value is -0.860. The van der Waals surface area contributed by atoms with Crippen LogP contribution >= 0.6 is 0 Å². The van der Waals surface area contributed by atoms with Crippen LogP contribution in [0.15, 0.2) is 0 Å². The molecule has 10 atom stereocenters. The van der Waals surface area contributed by atoms with Gasteiger partial charge in [0.15, 0.2) is 23.9 Å². The molecule has 0 aromatic heterocycles. The fraction of sp³-hybridized carbons (Fsp3) is 0.967. The van der Waals surface area contributed by atoms with Crippen molar-refractivity contribution in [1.29, 1.82) is 0 Å². The van der Waals surface area contributed by atoms with E-state index in [1.165, 1.54) is 4.31 Å². The van der Waals surface area contributed by atoms with Crippen LogP contribution in [-0.4, -0.2) is 96.5 Å². The molecule has 5 saturated heterocycles. The van der Waals surface area contributed by atoms with E-state index in [-0.39, 0.29) is 41.2 Å². The van der Waals surface area contributed by atoms with Crippen molar-refractivity contribution in [2.75, 3.05) is 12.4 Å². The number of rotatable bonds is 5. The van der Waals surface area contributed by atoms with Gasteiger partial charge in [-0.2, -0.15) is 5.06 Å². The van der Waals surface area contributed by atoms with Gasteiger partial charge >= 0.3 is 0 Å². The maximum Gasteiger partial charge on any atom is 0.267 e. The van der Waals surface area contributed by atoms with Crippen molar-refractivity contribution in [3.05, 3.63) is 0 Å². The minimum atomic E-state index is -3.80. The molecule has 0 spiro atoms. The molecule has 240 valence electrons. The Morgan fingerprint density at radius 3 is 2.21 bits per heavy atom. The third kappa shape index (κ3) is 4.53. The largest absolute Gasteiger partial charge is 0.349 e. The summed E-state index contributed by atoms with van der Waals surface area (Å²) < 4.78 is 59.9. The van der Waals surface area contributed by atoms with Crippen molar-refractivity contribution >= 4 is 15.9 Å². The molecule has 0 aromatic carbocycles. The number of hydrogen-bond donors (Lipinski definition) is 0. The van der Waals surface area contributed by atoms with Crippen molar-refractivity contribution < 1.29 is 41.7 Å². The number of nitrogens with zero attached hydrogens (tertiary/aromatic N) is 2. The molecule has 6 aliphatic rings. The van der Waals surface area contributed by atoms with E-state index in [1.807, 2.05) is 27.7 Å². The Bertz CT molecular complexity index is 1210. The molecule has 1 aliphatic carbocycles. The van der Waals surface area contributed by atoms with Gasteiger partial charge in [-0.25, -0.2) is 12.7 Å². The third-order valence-electron chi connectivity index (χ3n) is 11.4. The Morgan fingerprint density at radius 1 is 0.952 bits per heavy atom. The highest BCUT2D eigenvalue weighted by atomic mass is 32.2. The highest BCUT2D eigenvalue weighted by Gasteiger charge is 2.69. The average molecular weight is 615 g/mol. The molecule has 42 heavy (non-hydrogen) atoms. The fourth-order valence-electron chi connectivity index (χ4n) is 8.73. The Kier molecular flexibility index (Phi) is 7.28. The summed E-state index contributed by atoms with van der Waals surface area (Å²) in [5.74, 6) is -1.68. The highest BCUT2D eigenvalue weighted by Crippen LogP contribution is 2.63. The van der Waals surface area contributed by atoms with Crippen molar-refractivity contribution in [3.8, 4) is 0 Å². The van der Waals surface area contributed by atoms with Crippen LogP contribution in [0.2, 0.25) is 0 Å². The van der Waals surface area contributed by atoms with Crippen molar-refractivity contribution in [2.45, 2.75) is 149 Å². The summed E-state index contributed by atoms with van der Waals surface area (Å²) >= 11 is 0. The van der Waals surface area contributed by atoms with E-state index in [4.69, 9.17) is 28.5 Å². The van der Waals surface area contributed by atoms with Crippen molar-refractivity contribution in [2.24, 2.45) is 22.7 Å². The number of fused-ring (bicyclic) bond motifs is 2. The predicted octanol–water partition coefficient (Wildman–Crippen LogP) is 3.42. The normalized spacial score (nSPS) is 46.9. The molecule has 1 amide bonds. The van der Waals surface area contributed by atoms with Crippen LogP contribution in [0.4, 0.5) is 0 Å². The maximum atomic E-state index is 14.2. The molecule has 7 unspecified atom stereocenters. The lowest BCUT2D eigenvalue weighted by Crippen LogP contribution is -2.49. The molecule has 6 fully saturated rings. The summed E-state index contributed by atoms with van der Waals surface area (Å²) in [7, 11) is -3.80. The minimum absolute atomic E-state index is 0.00840. The zero-order valence-corrected chi connectivity index (χ0v) is 27.6. The van der Waals surface area contributed by atoms with Gasteiger partial charge in [-0.3, -0.25) is 9.63 Å². The average Bonchev–Trinajstić information content (AvgIpc) is 3.66. The molecule has 0 aromatic rings. The van der Waals surface area contributed by atoms with Gasteiger partial charge in [-0.1, -0.05) is 41.5 Å². The van der Waals surface area contributed by atoms with Crippen LogP contribution in [0.5, 0.6) is 0 Å². The lowest BCUT2D eigenvalue weighted by atomic mass is 9.63. The summed E-state index contributed by atoms with van der Waals surface area (Å²) in [5.41, 5.74) is -0.699. The molecule has 0 N–H and O–H groups in total. The summed E-state index contributed by atoms with van der Waals surface area (Å²) in [6.45, 7) is 20.5. The second-order valence-electron chi connectivity index (χ2n) is 15.2. The molecule has 1 saturated carbocycles. The standard InChI is InChI=1S/C30H50N2O9S/c1-11-30-15-42(34,35)32(21(30)12-17(4)27(30,5)6)25(33)19-13-18(16(2)3)31(41-19)26-24-23(39-29(9,10)40-24)22(37-26)20-14-36-28(7,8)38-20/h16-24,26H,11-15H2,1-10H3/t17?,18?,19-,20-,21?,22?,23?,24?,26?,30-/m1/s1. The van der Waals surface area contributed by atoms with Gasteiger partial charge < -0.3 is 23.7 Å². The van der Waals surface area contributed by atoms with E-state index < -0.39 is 63.6 Å². The number of hydrogen-bond acceptors (Lipinski definition) is 10. The third-order valence-corrected chi connectivity index (χ3v) is 13.3. The van der Waals surface area contributed by atoms with Crippen molar-refractivity contribution in [1.82, 2.24) is 9.37 Å². The smallest absolute Gasteiger partial charge is 0.267 e. The second-order valence-corrected chi connectivity index (χ2v) is 17.0. The number of sulfonamides is 1. The first-order valence-electron chi connectivity index (χ1n) is 15.7. The minimum Gasteiger partial charge on any atom is -0.349 e.